The second-order valence-electron chi connectivity index (χ2n) is 5.23. The largest absolute Gasteiger partial charge is 0.299 e. The molecular weight excluding hydrogens is 160 g/mol. The second-order valence-corrected chi connectivity index (χ2v) is 5.23. The lowest BCUT2D eigenvalue weighted by Gasteiger charge is -2.35. The Morgan fingerprint density at radius 2 is 1.85 bits per heavy atom. The van der Waals surface area contributed by atoms with Crippen molar-refractivity contribution in [1.29, 1.82) is 0 Å². The molecule has 1 unspecified atom stereocenters. The van der Waals surface area contributed by atoms with E-state index in [2.05, 4.69) is 27.7 Å². The molecular formula is C12H20O. The molecule has 0 amide bonds. The molecule has 1 atom stereocenters. The lowest BCUT2D eigenvalue weighted by atomic mass is 9.69. The van der Waals surface area contributed by atoms with E-state index in [4.69, 9.17) is 0 Å². The third kappa shape index (κ3) is 2.20. The van der Waals surface area contributed by atoms with Crippen LogP contribution >= 0.6 is 0 Å². The second kappa shape index (κ2) is 3.28. The molecule has 1 saturated carbocycles. The van der Waals surface area contributed by atoms with Crippen LogP contribution in [0.15, 0.2) is 11.1 Å². The minimum absolute atomic E-state index is 0.165. The fraction of sp³-hybridized carbons (Fsp3) is 0.750. The van der Waals surface area contributed by atoms with Crippen molar-refractivity contribution in [3.8, 4) is 0 Å². The van der Waals surface area contributed by atoms with E-state index in [1.165, 1.54) is 11.1 Å². The van der Waals surface area contributed by atoms with Gasteiger partial charge in [-0.25, -0.2) is 0 Å². The highest BCUT2D eigenvalue weighted by Crippen LogP contribution is 2.40. The lowest BCUT2D eigenvalue weighted by molar-refractivity contribution is -0.124. The molecule has 0 aromatic rings. The van der Waals surface area contributed by atoms with E-state index in [1.54, 1.807) is 0 Å². The van der Waals surface area contributed by atoms with Crippen molar-refractivity contribution >= 4 is 5.78 Å². The highest BCUT2D eigenvalue weighted by Gasteiger charge is 2.34. The zero-order valence-corrected chi connectivity index (χ0v) is 9.40. The number of hydrogen-bond donors (Lipinski definition) is 0. The van der Waals surface area contributed by atoms with Crippen molar-refractivity contribution in [2.75, 3.05) is 0 Å². The monoisotopic (exact) mass is 180 g/mol. The van der Waals surface area contributed by atoms with Gasteiger partial charge in [-0.2, -0.15) is 0 Å². The van der Waals surface area contributed by atoms with Crippen LogP contribution in [0.2, 0.25) is 0 Å². The lowest BCUT2D eigenvalue weighted by Crippen LogP contribution is -2.30. The summed E-state index contributed by atoms with van der Waals surface area (Å²) in [5, 5.41) is 0. The Hall–Kier alpha value is -0.590. The molecule has 1 rings (SSSR count). The van der Waals surface area contributed by atoms with Crippen molar-refractivity contribution in [2.24, 2.45) is 11.3 Å². The molecule has 1 heteroatoms. The standard InChI is InChI=1S/C12H20O/c1-8(2)10-6-12(4,5)7-11(13)9(10)3/h9H,6-7H2,1-5H3. The molecule has 1 nitrogen and oxygen atoms in total. The van der Waals surface area contributed by atoms with Crippen molar-refractivity contribution in [1.82, 2.24) is 0 Å². The van der Waals surface area contributed by atoms with Crippen molar-refractivity contribution in [3.63, 3.8) is 0 Å². The van der Waals surface area contributed by atoms with Crippen LogP contribution in [0.1, 0.15) is 47.5 Å². The Morgan fingerprint density at radius 1 is 1.31 bits per heavy atom. The van der Waals surface area contributed by atoms with Crippen LogP contribution < -0.4 is 0 Å². The molecule has 0 aliphatic heterocycles. The number of ketones is 1. The van der Waals surface area contributed by atoms with E-state index in [0.29, 0.717) is 5.78 Å². The van der Waals surface area contributed by atoms with Crippen LogP contribution in [0.5, 0.6) is 0 Å². The van der Waals surface area contributed by atoms with E-state index in [0.717, 1.165) is 12.8 Å². The molecule has 1 fully saturated rings. The summed E-state index contributed by atoms with van der Waals surface area (Å²) >= 11 is 0. The summed E-state index contributed by atoms with van der Waals surface area (Å²) in [5.74, 6) is 0.575. The molecule has 0 heterocycles. The maximum Gasteiger partial charge on any atom is 0.140 e. The molecule has 1 aliphatic rings. The van der Waals surface area contributed by atoms with Gasteiger partial charge in [-0.3, -0.25) is 4.79 Å². The quantitative estimate of drug-likeness (QED) is 0.522. The first-order valence-corrected chi connectivity index (χ1v) is 5.02. The van der Waals surface area contributed by atoms with Crippen molar-refractivity contribution in [2.45, 2.75) is 47.5 Å². The van der Waals surface area contributed by atoms with Crippen LogP contribution in [0, 0.1) is 11.3 Å². The van der Waals surface area contributed by atoms with E-state index < -0.39 is 0 Å². The molecule has 0 saturated heterocycles. The summed E-state index contributed by atoms with van der Waals surface area (Å²) in [7, 11) is 0. The van der Waals surface area contributed by atoms with E-state index >= 15 is 0 Å². The number of allylic oxidation sites excluding steroid dienone is 2. The molecule has 13 heavy (non-hydrogen) atoms. The Kier molecular flexibility index (Phi) is 2.65. The van der Waals surface area contributed by atoms with Crippen LogP contribution in [0.25, 0.3) is 0 Å². The molecule has 74 valence electrons. The zero-order chi connectivity index (χ0) is 10.2. The van der Waals surface area contributed by atoms with Crippen LogP contribution in [0.3, 0.4) is 0 Å². The molecule has 0 bridgehead atoms. The molecule has 1 aliphatic carbocycles. The molecule has 0 spiro atoms. The number of carbonyl (C=O) groups excluding carboxylic acids is 1. The van der Waals surface area contributed by atoms with Gasteiger partial charge in [-0.05, 0) is 25.7 Å². The maximum atomic E-state index is 11.7. The van der Waals surface area contributed by atoms with Crippen LogP contribution in [-0.2, 0) is 4.79 Å². The smallest absolute Gasteiger partial charge is 0.140 e. The van der Waals surface area contributed by atoms with Gasteiger partial charge in [0.2, 0.25) is 0 Å². The summed E-state index contributed by atoms with van der Waals surface area (Å²) in [6.07, 6.45) is 1.83. The molecule has 0 aromatic carbocycles. The topological polar surface area (TPSA) is 17.1 Å². The van der Waals surface area contributed by atoms with Crippen LogP contribution in [0.4, 0.5) is 0 Å². The first kappa shape index (κ1) is 10.5. The SMILES string of the molecule is CC(C)=C1CC(C)(C)CC(=O)C1C. The Morgan fingerprint density at radius 3 is 2.31 bits per heavy atom. The average Bonchev–Trinajstić information content (AvgIpc) is 1.95. The third-order valence-electron chi connectivity index (χ3n) is 2.97. The number of Topliss-reactive ketones (excluding diaryl/α,β-unsaturated/α-hetero) is 1. The average molecular weight is 180 g/mol. The van der Waals surface area contributed by atoms with Gasteiger partial charge in [0, 0.05) is 12.3 Å². The van der Waals surface area contributed by atoms with Crippen LogP contribution in [-0.4, -0.2) is 5.78 Å². The van der Waals surface area contributed by atoms with E-state index in [9.17, 15) is 4.79 Å². The number of carbonyl (C=O) groups is 1. The third-order valence-corrected chi connectivity index (χ3v) is 2.97. The zero-order valence-electron chi connectivity index (χ0n) is 9.40. The predicted molar refractivity (Wildman–Crippen MR) is 55.6 cm³/mol. The first-order chi connectivity index (χ1) is 5.83. The number of rotatable bonds is 0. The Labute approximate surface area is 81.2 Å². The summed E-state index contributed by atoms with van der Waals surface area (Å²) in [6, 6.07) is 0. The van der Waals surface area contributed by atoms with Gasteiger partial charge >= 0.3 is 0 Å². The van der Waals surface area contributed by atoms with Gasteiger partial charge in [0.05, 0.1) is 0 Å². The Balaban J connectivity index is 2.99. The highest BCUT2D eigenvalue weighted by atomic mass is 16.1. The summed E-state index contributed by atoms with van der Waals surface area (Å²) < 4.78 is 0. The molecule has 0 radical (unpaired) electrons. The number of hydrogen-bond acceptors (Lipinski definition) is 1. The van der Waals surface area contributed by atoms with Gasteiger partial charge in [0.25, 0.3) is 0 Å². The van der Waals surface area contributed by atoms with E-state index in [1.807, 2.05) is 6.92 Å². The van der Waals surface area contributed by atoms with Gasteiger partial charge in [-0.15, -0.1) is 0 Å². The van der Waals surface area contributed by atoms with E-state index in [-0.39, 0.29) is 11.3 Å². The van der Waals surface area contributed by atoms with Gasteiger partial charge in [0.15, 0.2) is 0 Å². The predicted octanol–water partition coefficient (Wildman–Crippen LogP) is 3.35. The summed E-state index contributed by atoms with van der Waals surface area (Å²) in [4.78, 5) is 11.7. The molecule has 0 N–H and O–H groups in total. The minimum atomic E-state index is 0.165. The summed E-state index contributed by atoms with van der Waals surface area (Å²) in [6.45, 7) is 10.6. The van der Waals surface area contributed by atoms with Gasteiger partial charge in [0.1, 0.15) is 5.78 Å². The fourth-order valence-corrected chi connectivity index (χ4v) is 2.16. The Bertz CT molecular complexity index is 254. The van der Waals surface area contributed by atoms with Crippen molar-refractivity contribution in [3.05, 3.63) is 11.1 Å². The normalized spacial score (nSPS) is 27.6. The van der Waals surface area contributed by atoms with Gasteiger partial charge in [-0.1, -0.05) is 31.9 Å². The molecule has 0 aromatic heterocycles. The highest BCUT2D eigenvalue weighted by molar-refractivity contribution is 5.85. The van der Waals surface area contributed by atoms with Crippen molar-refractivity contribution < 1.29 is 4.79 Å². The van der Waals surface area contributed by atoms with Gasteiger partial charge < -0.3 is 0 Å². The first-order valence-electron chi connectivity index (χ1n) is 5.02. The fourth-order valence-electron chi connectivity index (χ4n) is 2.16. The maximum absolute atomic E-state index is 11.7. The summed E-state index contributed by atoms with van der Waals surface area (Å²) in [5.41, 5.74) is 2.87. The minimum Gasteiger partial charge on any atom is -0.299 e.